The van der Waals surface area contributed by atoms with Crippen LogP contribution in [0.1, 0.15) is 16.7 Å². The summed E-state index contributed by atoms with van der Waals surface area (Å²) in [4.78, 5) is 12.9. The van der Waals surface area contributed by atoms with Gasteiger partial charge in [0.05, 0.1) is 24.2 Å². The summed E-state index contributed by atoms with van der Waals surface area (Å²) in [5.74, 6) is 0.732. The molecule has 0 fully saturated rings. The molecule has 0 aromatic heterocycles. The van der Waals surface area contributed by atoms with E-state index in [1.165, 1.54) is 0 Å². The highest BCUT2D eigenvalue weighted by Crippen LogP contribution is 2.27. The molecule has 0 radical (unpaired) electrons. The Morgan fingerprint density at radius 3 is 2.12 bits per heavy atom. The number of aryl methyl sites for hydroxylation is 3. The SMILES string of the molecule is COc1ccccc1OCCNC(=O)CN(c1cc(C)cc(C)c1)S(=O)(=O)c1ccc(C)cc1. The van der Waals surface area contributed by atoms with Gasteiger partial charge < -0.3 is 14.8 Å². The van der Waals surface area contributed by atoms with Crippen LogP contribution in [0.15, 0.2) is 71.6 Å². The third kappa shape index (κ3) is 6.29. The molecule has 7 nitrogen and oxygen atoms in total. The van der Waals surface area contributed by atoms with Gasteiger partial charge in [-0.25, -0.2) is 8.42 Å². The molecule has 0 saturated carbocycles. The molecule has 3 aromatic carbocycles. The Labute approximate surface area is 201 Å². The quantitative estimate of drug-likeness (QED) is 0.442. The minimum Gasteiger partial charge on any atom is -0.493 e. The molecule has 0 aliphatic heterocycles. The van der Waals surface area contributed by atoms with Crippen LogP contribution in [0.5, 0.6) is 11.5 Å². The van der Waals surface area contributed by atoms with Gasteiger partial charge in [0.2, 0.25) is 5.91 Å². The molecule has 0 aliphatic carbocycles. The number of nitrogens with zero attached hydrogens (tertiary/aromatic N) is 1. The minimum absolute atomic E-state index is 0.129. The molecule has 180 valence electrons. The van der Waals surface area contributed by atoms with E-state index in [9.17, 15) is 13.2 Å². The van der Waals surface area contributed by atoms with Crippen molar-refractivity contribution in [3.63, 3.8) is 0 Å². The van der Waals surface area contributed by atoms with Gasteiger partial charge in [0.1, 0.15) is 13.2 Å². The number of anilines is 1. The lowest BCUT2D eigenvalue weighted by atomic mass is 10.1. The lowest BCUT2D eigenvalue weighted by Gasteiger charge is -2.25. The first-order chi connectivity index (χ1) is 16.2. The molecule has 0 atom stereocenters. The average Bonchev–Trinajstić information content (AvgIpc) is 2.80. The predicted octanol–water partition coefficient (Wildman–Crippen LogP) is 4.01. The topological polar surface area (TPSA) is 84.9 Å². The molecular formula is C26H30N2O5S. The van der Waals surface area contributed by atoms with E-state index in [-0.39, 0.29) is 24.6 Å². The number of methoxy groups -OCH3 is 1. The summed E-state index contributed by atoms with van der Waals surface area (Å²) in [5, 5.41) is 2.74. The van der Waals surface area contributed by atoms with Gasteiger partial charge in [-0.1, -0.05) is 35.9 Å². The second-order valence-electron chi connectivity index (χ2n) is 8.02. The number of benzene rings is 3. The van der Waals surface area contributed by atoms with Crippen LogP contribution in [0, 0.1) is 20.8 Å². The Balaban J connectivity index is 1.74. The van der Waals surface area contributed by atoms with Crippen molar-refractivity contribution >= 4 is 21.6 Å². The minimum atomic E-state index is -3.96. The van der Waals surface area contributed by atoms with Crippen molar-refractivity contribution in [2.24, 2.45) is 0 Å². The largest absolute Gasteiger partial charge is 0.493 e. The molecule has 1 amide bonds. The van der Waals surface area contributed by atoms with E-state index >= 15 is 0 Å². The summed E-state index contributed by atoms with van der Waals surface area (Å²) >= 11 is 0. The molecule has 0 aliphatic rings. The first-order valence-corrected chi connectivity index (χ1v) is 12.3. The smallest absolute Gasteiger partial charge is 0.264 e. The summed E-state index contributed by atoms with van der Waals surface area (Å²) in [6.07, 6.45) is 0. The van der Waals surface area contributed by atoms with Crippen molar-refractivity contribution in [1.82, 2.24) is 5.32 Å². The van der Waals surface area contributed by atoms with Crippen molar-refractivity contribution in [2.75, 3.05) is 31.1 Å². The average molecular weight is 483 g/mol. The van der Waals surface area contributed by atoms with Crippen molar-refractivity contribution < 1.29 is 22.7 Å². The number of carbonyl (C=O) groups excluding carboxylic acids is 1. The summed E-state index contributed by atoms with van der Waals surface area (Å²) in [5.41, 5.74) is 3.21. The highest BCUT2D eigenvalue weighted by Gasteiger charge is 2.27. The Kier molecular flexibility index (Phi) is 8.17. The highest BCUT2D eigenvalue weighted by atomic mass is 32.2. The van der Waals surface area contributed by atoms with Crippen LogP contribution in [-0.4, -0.2) is 41.1 Å². The zero-order chi connectivity index (χ0) is 24.7. The zero-order valence-corrected chi connectivity index (χ0v) is 20.7. The molecule has 8 heteroatoms. The van der Waals surface area contributed by atoms with Crippen molar-refractivity contribution in [1.29, 1.82) is 0 Å². The van der Waals surface area contributed by atoms with Crippen LogP contribution in [-0.2, 0) is 14.8 Å². The number of hydrogen-bond acceptors (Lipinski definition) is 5. The molecule has 0 unspecified atom stereocenters. The summed E-state index contributed by atoms with van der Waals surface area (Å²) in [6.45, 7) is 5.74. The number of para-hydroxylation sites is 2. The van der Waals surface area contributed by atoms with Gasteiger partial charge in [-0.05, 0) is 68.3 Å². The standard InChI is InChI=1S/C26H30N2O5S/c1-19-9-11-23(12-10-19)34(30,31)28(22-16-20(2)15-21(3)17-22)18-26(29)27-13-14-33-25-8-6-5-7-24(25)32-4/h5-12,15-17H,13-14,18H2,1-4H3,(H,27,29). The van der Waals surface area contributed by atoms with E-state index in [4.69, 9.17) is 9.47 Å². The molecular weight excluding hydrogens is 452 g/mol. The number of carbonyl (C=O) groups is 1. The van der Waals surface area contributed by atoms with Crippen molar-refractivity contribution in [3.8, 4) is 11.5 Å². The van der Waals surface area contributed by atoms with E-state index in [0.29, 0.717) is 17.2 Å². The van der Waals surface area contributed by atoms with Crippen molar-refractivity contribution in [3.05, 3.63) is 83.4 Å². The van der Waals surface area contributed by atoms with Gasteiger partial charge in [-0.2, -0.15) is 0 Å². The van der Waals surface area contributed by atoms with E-state index in [1.54, 1.807) is 55.6 Å². The van der Waals surface area contributed by atoms with Gasteiger partial charge in [-0.15, -0.1) is 0 Å². The molecule has 0 heterocycles. The summed E-state index contributed by atoms with van der Waals surface area (Å²) in [6, 6.07) is 19.3. The van der Waals surface area contributed by atoms with Gasteiger partial charge in [-0.3, -0.25) is 9.10 Å². The van der Waals surface area contributed by atoms with E-state index in [0.717, 1.165) is 21.0 Å². The van der Waals surface area contributed by atoms with E-state index in [1.807, 2.05) is 39.0 Å². The molecule has 3 aromatic rings. The maximum atomic E-state index is 13.5. The summed E-state index contributed by atoms with van der Waals surface area (Å²) in [7, 11) is -2.40. The third-order valence-electron chi connectivity index (χ3n) is 5.14. The number of hydrogen-bond donors (Lipinski definition) is 1. The van der Waals surface area contributed by atoms with Crippen LogP contribution in [0.2, 0.25) is 0 Å². The fourth-order valence-corrected chi connectivity index (χ4v) is 4.93. The van der Waals surface area contributed by atoms with E-state index in [2.05, 4.69) is 5.32 Å². The van der Waals surface area contributed by atoms with Crippen LogP contribution in [0.25, 0.3) is 0 Å². The first-order valence-electron chi connectivity index (χ1n) is 10.9. The second kappa shape index (κ2) is 11.1. The number of rotatable bonds is 10. The zero-order valence-electron chi connectivity index (χ0n) is 19.9. The van der Waals surface area contributed by atoms with Crippen LogP contribution in [0.4, 0.5) is 5.69 Å². The number of sulfonamides is 1. The normalized spacial score (nSPS) is 11.1. The second-order valence-corrected chi connectivity index (χ2v) is 9.88. The van der Waals surface area contributed by atoms with Gasteiger partial charge in [0, 0.05) is 0 Å². The van der Waals surface area contributed by atoms with Gasteiger partial charge in [0.25, 0.3) is 10.0 Å². The maximum Gasteiger partial charge on any atom is 0.264 e. The number of ether oxygens (including phenoxy) is 2. The van der Waals surface area contributed by atoms with Crippen LogP contribution < -0.4 is 19.1 Å². The van der Waals surface area contributed by atoms with Crippen LogP contribution >= 0.6 is 0 Å². The van der Waals surface area contributed by atoms with Gasteiger partial charge in [0.15, 0.2) is 11.5 Å². The summed E-state index contributed by atoms with van der Waals surface area (Å²) < 4.78 is 39.1. The number of nitrogens with one attached hydrogen (secondary N) is 1. The number of amides is 1. The molecule has 0 spiro atoms. The lowest BCUT2D eigenvalue weighted by molar-refractivity contribution is -0.119. The third-order valence-corrected chi connectivity index (χ3v) is 6.93. The molecule has 34 heavy (non-hydrogen) atoms. The first kappa shape index (κ1) is 25.1. The highest BCUT2D eigenvalue weighted by molar-refractivity contribution is 7.92. The Bertz CT molecular complexity index is 1220. The van der Waals surface area contributed by atoms with Crippen molar-refractivity contribution in [2.45, 2.75) is 25.7 Å². The molecule has 0 bridgehead atoms. The molecule has 0 saturated heterocycles. The van der Waals surface area contributed by atoms with Gasteiger partial charge >= 0.3 is 0 Å². The monoisotopic (exact) mass is 482 g/mol. The van der Waals surface area contributed by atoms with E-state index < -0.39 is 15.9 Å². The Morgan fingerprint density at radius 2 is 1.50 bits per heavy atom. The Hall–Kier alpha value is -3.52. The lowest BCUT2D eigenvalue weighted by Crippen LogP contribution is -2.42. The molecule has 1 N–H and O–H groups in total. The van der Waals surface area contributed by atoms with Crippen LogP contribution in [0.3, 0.4) is 0 Å². The molecule has 3 rings (SSSR count). The fourth-order valence-electron chi connectivity index (χ4n) is 3.52. The maximum absolute atomic E-state index is 13.5. The predicted molar refractivity (Wildman–Crippen MR) is 133 cm³/mol. The fraction of sp³-hybridized carbons (Fsp3) is 0.269. The Morgan fingerprint density at radius 1 is 0.882 bits per heavy atom.